The van der Waals surface area contributed by atoms with Gasteiger partial charge in [-0.2, -0.15) is 0 Å². The van der Waals surface area contributed by atoms with E-state index in [-0.39, 0.29) is 5.91 Å². The Morgan fingerprint density at radius 2 is 1.95 bits per heavy atom. The van der Waals surface area contributed by atoms with Gasteiger partial charge in [0.15, 0.2) is 0 Å². The molecule has 21 heavy (non-hydrogen) atoms. The van der Waals surface area contributed by atoms with Crippen LogP contribution < -0.4 is 10.6 Å². The van der Waals surface area contributed by atoms with Crippen molar-refractivity contribution in [1.82, 2.24) is 15.3 Å². The van der Waals surface area contributed by atoms with Crippen LogP contribution in [0.5, 0.6) is 0 Å². The second-order valence-corrected chi connectivity index (χ2v) is 5.21. The molecule has 5 heteroatoms. The molecule has 1 heterocycles. The summed E-state index contributed by atoms with van der Waals surface area (Å²) in [5.74, 6) is 0.691. The molecule has 0 atom stereocenters. The predicted octanol–water partition coefficient (Wildman–Crippen LogP) is 2.47. The minimum Gasteiger partial charge on any atom is -0.350 e. The zero-order valence-corrected chi connectivity index (χ0v) is 12.3. The molecular formula is C16H20N4O. The fraction of sp³-hybridized carbons (Fsp3) is 0.312. The lowest BCUT2D eigenvalue weighted by molar-refractivity contribution is 0.0944. The molecular weight excluding hydrogens is 264 g/mol. The smallest absolute Gasteiger partial charge is 0.270 e. The first-order chi connectivity index (χ1) is 10.1. The molecule has 5 nitrogen and oxygen atoms in total. The number of benzene rings is 1. The van der Waals surface area contributed by atoms with Gasteiger partial charge < -0.3 is 10.6 Å². The van der Waals surface area contributed by atoms with Gasteiger partial charge in [-0.15, -0.1) is 0 Å². The SMILES string of the molecule is CC(C)CNC(=O)c1ccnc(NCc2ccccc2)n1. The summed E-state index contributed by atoms with van der Waals surface area (Å²) in [5, 5.41) is 5.96. The Bertz CT molecular complexity index is 584. The van der Waals surface area contributed by atoms with Gasteiger partial charge in [-0.1, -0.05) is 44.2 Å². The van der Waals surface area contributed by atoms with Crippen LogP contribution >= 0.6 is 0 Å². The van der Waals surface area contributed by atoms with Crippen LogP contribution in [0.15, 0.2) is 42.6 Å². The Kier molecular flexibility index (Phi) is 5.26. The van der Waals surface area contributed by atoms with Crippen molar-refractivity contribution in [2.24, 2.45) is 5.92 Å². The van der Waals surface area contributed by atoms with Crippen LogP contribution in [-0.4, -0.2) is 22.4 Å². The fourth-order valence-corrected chi connectivity index (χ4v) is 1.73. The van der Waals surface area contributed by atoms with Crippen LogP contribution in [-0.2, 0) is 6.54 Å². The van der Waals surface area contributed by atoms with E-state index in [1.807, 2.05) is 44.2 Å². The van der Waals surface area contributed by atoms with Gasteiger partial charge in [-0.25, -0.2) is 9.97 Å². The number of carbonyl (C=O) groups is 1. The number of hydrogen-bond acceptors (Lipinski definition) is 4. The van der Waals surface area contributed by atoms with Gasteiger partial charge in [0.1, 0.15) is 5.69 Å². The molecule has 0 radical (unpaired) electrons. The van der Waals surface area contributed by atoms with E-state index in [0.29, 0.717) is 30.6 Å². The zero-order valence-electron chi connectivity index (χ0n) is 12.3. The topological polar surface area (TPSA) is 66.9 Å². The molecule has 0 spiro atoms. The van der Waals surface area contributed by atoms with Crippen molar-refractivity contribution in [1.29, 1.82) is 0 Å². The van der Waals surface area contributed by atoms with E-state index in [4.69, 9.17) is 0 Å². The average Bonchev–Trinajstić information content (AvgIpc) is 2.52. The van der Waals surface area contributed by atoms with Crippen LogP contribution in [0.1, 0.15) is 29.9 Å². The van der Waals surface area contributed by atoms with Gasteiger partial charge in [-0.3, -0.25) is 4.79 Å². The van der Waals surface area contributed by atoms with E-state index in [2.05, 4.69) is 20.6 Å². The largest absolute Gasteiger partial charge is 0.350 e. The van der Waals surface area contributed by atoms with Crippen molar-refractivity contribution in [3.8, 4) is 0 Å². The van der Waals surface area contributed by atoms with Gasteiger partial charge in [0.2, 0.25) is 5.95 Å². The van der Waals surface area contributed by atoms with Crippen molar-refractivity contribution in [2.75, 3.05) is 11.9 Å². The molecule has 0 fully saturated rings. The molecule has 0 aliphatic heterocycles. The van der Waals surface area contributed by atoms with Crippen molar-refractivity contribution in [3.05, 3.63) is 53.9 Å². The summed E-state index contributed by atoms with van der Waals surface area (Å²) in [4.78, 5) is 20.3. The zero-order chi connectivity index (χ0) is 15.1. The van der Waals surface area contributed by atoms with Crippen LogP contribution in [0.4, 0.5) is 5.95 Å². The van der Waals surface area contributed by atoms with E-state index in [0.717, 1.165) is 5.56 Å². The minimum absolute atomic E-state index is 0.172. The van der Waals surface area contributed by atoms with Crippen LogP contribution in [0.2, 0.25) is 0 Å². The maximum absolute atomic E-state index is 11.9. The lowest BCUT2D eigenvalue weighted by Gasteiger charge is -2.08. The minimum atomic E-state index is -0.172. The third kappa shape index (κ3) is 4.87. The third-order valence-electron chi connectivity index (χ3n) is 2.85. The van der Waals surface area contributed by atoms with E-state index in [1.165, 1.54) is 0 Å². The van der Waals surface area contributed by atoms with Gasteiger partial charge in [0, 0.05) is 19.3 Å². The molecule has 1 amide bonds. The summed E-state index contributed by atoms with van der Waals surface area (Å²) in [6, 6.07) is 11.6. The molecule has 0 bridgehead atoms. The summed E-state index contributed by atoms with van der Waals surface area (Å²) in [6.45, 7) is 5.35. The number of anilines is 1. The Morgan fingerprint density at radius 3 is 2.67 bits per heavy atom. The van der Waals surface area contributed by atoms with Crippen molar-refractivity contribution >= 4 is 11.9 Å². The van der Waals surface area contributed by atoms with E-state index in [9.17, 15) is 4.79 Å². The van der Waals surface area contributed by atoms with Crippen molar-refractivity contribution < 1.29 is 4.79 Å². The molecule has 0 aliphatic rings. The number of nitrogens with zero attached hydrogens (tertiary/aromatic N) is 2. The first-order valence-corrected chi connectivity index (χ1v) is 7.04. The van der Waals surface area contributed by atoms with Crippen LogP contribution in [0.3, 0.4) is 0 Å². The molecule has 2 N–H and O–H groups in total. The molecule has 0 saturated carbocycles. The number of rotatable bonds is 6. The molecule has 1 aromatic carbocycles. The predicted molar refractivity (Wildman–Crippen MR) is 83.0 cm³/mol. The highest BCUT2D eigenvalue weighted by Crippen LogP contribution is 2.05. The Balaban J connectivity index is 1.96. The molecule has 0 unspecified atom stereocenters. The first-order valence-electron chi connectivity index (χ1n) is 7.04. The highest BCUT2D eigenvalue weighted by molar-refractivity contribution is 5.92. The third-order valence-corrected chi connectivity index (χ3v) is 2.85. The molecule has 0 aliphatic carbocycles. The standard InChI is InChI=1S/C16H20N4O/c1-12(2)10-18-15(21)14-8-9-17-16(20-14)19-11-13-6-4-3-5-7-13/h3-9,12H,10-11H2,1-2H3,(H,18,21)(H,17,19,20). The summed E-state index contributed by atoms with van der Waals surface area (Å²) in [5.41, 5.74) is 1.51. The van der Waals surface area contributed by atoms with Gasteiger partial charge in [-0.05, 0) is 17.5 Å². The maximum atomic E-state index is 11.9. The van der Waals surface area contributed by atoms with E-state index in [1.54, 1.807) is 12.3 Å². The number of hydrogen-bond donors (Lipinski definition) is 2. The number of aromatic nitrogens is 2. The number of nitrogens with one attached hydrogen (secondary N) is 2. The number of carbonyl (C=O) groups excluding carboxylic acids is 1. The second kappa shape index (κ2) is 7.38. The van der Waals surface area contributed by atoms with E-state index < -0.39 is 0 Å². The Labute approximate surface area is 124 Å². The normalized spacial score (nSPS) is 10.4. The monoisotopic (exact) mass is 284 g/mol. The quantitative estimate of drug-likeness (QED) is 0.855. The maximum Gasteiger partial charge on any atom is 0.270 e. The van der Waals surface area contributed by atoms with Crippen molar-refractivity contribution in [3.63, 3.8) is 0 Å². The molecule has 0 saturated heterocycles. The lowest BCUT2D eigenvalue weighted by Crippen LogP contribution is -2.28. The molecule has 110 valence electrons. The summed E-state index contributed by atoms with van der Waals surface area (Å²) in [7, 11) is 0. The van der Waals surface area contributed by atoms with Gasteiger partial charge in [0.05, 0.1) is 0 Å². The van der Waals surface area contributed by atoms with Gasteiger partial charge >= 0.3 is 0 Å². The summed E-state index contributed by atoms with van der Waals surface area (Å²) < 4.78 is 0. The highest BCUT2D eigenvalue weighted by Gasteiger charge is 2.08. The van der Waals surface area contributed by atoms with Crippen LogP contribution in [0, 0.1) is 5.92 Å². The summed E-state index contributed by atoms with van der Waals surface area (Å²) in [6.07, 6.45) is 1.59. The highest BCUT2D eigenvalue weighted by atomic mass is 16.1. The lowest BCUT2D eigenvalue weighted by atomic mass is 10.2. The summed E-state index contributed by atoms with van der Waals surface area (Å²) >= 11 is 0. The second-order valence-electron chi connectivity index (χ2n) is 5.21. The fourth-order valence-electron chi connectivity index (χ4n) is 1.73. The van der Waals surface area contributed by atoms with Gasteiger partial charge in [0.25, 0.3) is 5.91 Å². The Morgan fingerprint density at radius 1 is 1.19 bits per heavy atom. The van der Waals surface area contributed by atoms with E-state index >= 15 is 0 Å². The average molecular weight is 284 g/mol. The Hall–Kier alpha value is -2.43. The van der Waals surface area contributed by atoms with Crippen LogP contribution in [0.25, 0.3) is 0 Å². The molecule has 1 aromatic heterocycles. The molecule has 2 aromatic rings. The number of amides is 1. The van der Waals surface area contributed by atoms with Crippen molar-refractivity contribution in [2.45, 2.75) is 20.4 Å². The molecule has 2 rings (SSSR count). The first kappa shape index (κ1) is 15.0.